The Balaban J connectivity index is 1.37. The van der Waals surface area contributed by atoms with Crippen LogP contribution in [0.15, 0.2) is 48.5 Å². The van der Waals surface area contributed by atoms with Crippen LogP contribution in [0, 0.1) is 11.3 Å². The van der Waals surface area contributed by atoms with E-state index in [1.807, 2.05) is 12.1 Å². The van der Waals surface area contributed by atoms with Gasteiger partial charge in [0.1, 0.15) is 17.5 Å². The van der Waals surface area contributed by atoms with E-state index < -0.39 is 0 Å². The van der Waals surface area contributed by atoms with Gasteiger partial charge in [-0.2, -0.15) is 10.2 Å². The number of benzene rings is 2. The van der Waals surface area contributed by atoms with Gasteiger partial charge in [0.05, 0.1) is 27.0 Å². The number of pyridine rings is 1. The van der Waals surface area contributed by atoms with Crippen molar-refractivity contribution < 1.29 is 9.53 Å². The van der Waals surface area contributed by atoms with Gasteiger partial charge >= 0.3 is 0 Å². The first-order valence-electron chi connectivity index (χ1n) is 10.7. The summed E-state index contributed by atoms with van der Waals surface area (Å²) in [6, 6.07) is 16.3. The Morgan fingerprint density at radius 2 is 1.85 bits per heavy atom. The van der Waals surface area contributed by atoms with E-state index in [4.69, 9.17) is 27.9 Å². The SMILES string of the molecule is N#Cc1cc(Nc2ccc3c(n2)OCN(c2c(Cl)cccc2Cl)C3=O)ccc1N1CCNCC1. The molecular formula is C24H20Cl2N6O2. The van der Waals surface area contributed by atoms with Crippen LogP contribution in [0.5, 0.6) is 5.88 Å². The summed E-state index contributed by atoms with van der Waals surface area (Å²) in [7, 11) is 0. The van der Waals surface area contributed by atoms with Crippen LogP contribution in [0.3, 0.4) is 0 Å². The van der Waals surface area contributed by atoms with Gasteiger partial charge in [-0.25, -0.2) is 0 Å². The zero-order valence-corrected chi connectivity index (χ0v) is 19.5. The van der Waals surface area contributed by atoms with Crippen molar-refractivity contribution in [1.82, 2.24) is 10.3 Å². The summed E-state index contributed by atoms with van der Waals surface area (Å²) < 4.78 is 5.76. The van der Waals surface area contributed by atoms with Crippen molar-refractivity contribution >= 4 is 52.0 Å². The smallest absolute Gasteiger partial charge is 0.266 e. The molecule has 0 spiro atoms. The molecule has 2 aromatic carbocycles. The minimum absolute atomic E-state index is 0.0658. The lowest BCUT2D eigenvalue weighted by molar-refractivity contribution is 0.0933. The first-order chi connectivity index (χ1) is 16.5. The Labute approximate surface area is 206 Å². The summed E-state index contributed by atoms with van der Waals surface area (Å²) in [5, 5.41) is 16.9. The van der Waals surface area contributed by atoms with E-state index in [2.05, 4.69) is 26.6 Å². The van der Waals surface area contributed by atoms with E-state index in [1.54, 1.807) is 36.4 Å². The van der Waals surface area contributed by atoms with Crippen LogP contribution in [-0.4, -0.2) is 43.8 Å². The van der Waals surface area contributed by atoms with Gasteiger partial charge in [-0.05, 0) is 42.5 Å². The van der Waals surface area contributed by atoms with E-state index in [9.17, 15) is 10.1 Å². The van der Waals surface area contributed by atoms with Crippen molar-refractivity contribution in [3.63, 3.8) is 0 Å². The number of para-hydroxylation sites is 1. The van der Waals surface area contributed by atoms with Gasteiger partial charge < -0.3 is 20.3 Å². The van der Waals surface area contributed by atoms with Gasteiger partial charge in [0.25, 0.3) is 5.91 Å². The number of amides is 1. The molecular weight excluding hydrogens is 475 g/mol. The van der Waals surface area contributed by atoms with Crippen LogP contribution in [-0.2, 0) is 0 Å². The molecule has 1 amide bonds. The lowest BCUT2D eigenvalue weighted by atomic mass is 10.1. The van der Waals surface area contributed by atoms with E-state index in [0.717, 1.165) is 37.6 Å². The lowest BCUT2D eigenvalue weighted by Crippen LogP contribution is -2.43. The van der Waals surface area contributed by atoms with Crippen LogP contribution in [0.1, 0.15) is 15.9 Å². The highest BCUT2D eigenvalue weighted by Crippen LogP contribution is 2.37. The van der Waals surface area contributed by atoms with Gasteiger partial charge in [0.2, 0.25) is 5.88 Å². The molecule has 3 heterocycles. The third-order valence-corrected chi connectivity index (χ3v) is 6.33. The number of carbonyl (C=O) groups excluding carboxylic acids is 1. The van der Waals surface area contributed by atoms with E-state index in [-0.39, 0.29) is 18.5 Å². The maximum Gasteiger partial charge on any atom is 0.266 e. The van der Waals surface area contributed by atoms with Gasteiger partial charge in [-0.15, -0.1) is 0 Å². The Morgan fingerprint density at radius 1 is 1.09 bits per heavy atom. The second-order valence-corrected chi connectivity index (χ2v) is 8.65. The average molecular weight is 495 g/mol. The molecule has 0 bridgehead atoms. The third kappa shape index (κ3) is 4.21. The minimum atomic E-state index is -0.303. The molecule has 1 saturated heterocycles. The fourth-order valence-corrected chi connectivity index (χ4v) is 4.66. The Bertz CT molecular complexity index is 1280. The number of nitriles is 1. The largest absolute Gasteiger partial charge is 0.455 e. The number of ether oxygens (including phenoxy) is 1. The second kappa shape index (κ2) is 9.39. The molecule has 1 fully saturated rings. The second-order valence-electron chi connectivity index (χ2n) is 7.83. The van der Waals surface area contributed by atoms with E-state index in [1.165, 1.54) is 4.90 Å². The number of carbonyl (C=O) groups is 1. The monoisotopic (exact) mass is 494 g/mol. The summed E-state index contributed by atoms with van der Waals surface area (Å²) in [5.74, 6) is 0.407. The van der Waals surface area contributed by atoms with Crippen molar-refractivity contribution in [2.75, 3.05) is 48.0 Å². The minimum Gasteiger partial charge on any atom is -0.455 e. The van der Waals surface area contributed by atoms with E-state index in [0.29, 0.717) is 32.7 Å². The molecule has 0 unspecified atom stereocenters. The highest BCUT2D eigenvalue weighted by atomic mass is 35.5. The van der Waals surface area contributed by atoms with Crippen LogP contribution in [0.2, 0.25) is 10.0 Å². The normalized spacial score (nSPS) is 15.4. The standard InChI is InChI=1S/C24H20Cl2N6O2/c25-18-2-1-3-19(26)22(18)32-14-34-23-17(24(32)33)5-7-21(30-23)29-16-4-6-20(15(12-16)13-27)31-10-8-28-9-11-31/h1-7,12,28H,8-11,14H2,(H,29,30). The number of nitrogens with one attached hydrogen (secondary N) is 2. The van der Waals surface area contributed by atoms with Gasteiger partial charge in [0, 0.05) is 31.9 Å². The van der Waals surface area contributed by atoms with Crippen molar-refractivity contribution in [3.05, 3.63) is 69.7 Å². The summed E-state index contributed by atoms with van der Waals surface area (Å²) in [6.07, 6.45) is 0. The number of anilines is 4. The molecule has 8 nitrogen and oxygen atoms in total. The zero-order valence-electron chi connectivity index (χ0n) is 18.0. The quantitative estimate of drug-likeness (QED) is 0.554. The van der Waals surface area contributed by atoms with Crippen molar-refractivity contribution in [1.29, 1.82) is 5.26 Å². The molecule has 3 aromatic rings. The maximum absolute atomic E-state index is 13.1. The molecule has 0 radical (unpaired) electrons. The fraction of sp³-hybridized carbons (Fsp3) is 0.208. The zero-order chi connectivity index (χ0) is 23.7. The molecule has 2 aliphatic heterocycles. The summed E-state index contributed by atoms with van der Waals surface area (Å²) in [5.41, 5.74) is 2.93. The molecule has 34 heavy (non-hydrogen) atoms. The molecule has 0 atom stereocenters. The van der Waals surface area contributed by atoms with Gasteiger partial charge in [0.15, 0.2) is 6.73 Å². The number of aromatic nitrogens is 1. The van der Waals surface area contributed by atoms with Crippen LogP contribution >= 0.6 is 23.2 Å². The summed E-state index contributed by atoms with van der Waals surface area (Å²) in [6.45, 7) is 3.43. The van der Waals surface area contributed by atoms with Crippen LogP contribution in [0.25, 0.3) is 0 Å². The number of hydrogen-bond acceptors (Lipinski definition) is 7. The van der Waals surface area contributed by atoms with Crippen molar-refractivity contribution in [2.45, 2.75) is 0 Å². The fourth-order valence-electron chi connectivity index (χ4n) is 4.06. The lowest BCUT2D eigenvalue weighted by Gasteiger charge is -2.30. The van der Waals surface area contributed by atoms with Gasteiger partial charge in [-0.1, -0.05) is 29.3 Å². The Hall–Kier alpha value is -3.51. The molecule has 2 aliphatic rings. The number of halogens is 2. The first-order valence-corrected chi connectivity index (χ1v) is 11.5. The molecule has 2 N–H and O–H groups in total. The Morgan fingerprint density at radius 3 is 2.59 bits per heavy atom. The predicted molar refractivity (Wildman–Crippen MR) is 133 cm³/mol. The van der Waals surface area contributed by atoms with Crippen molar-refractivity contribution in [2.24, 2.45) is 0 Å². The average Bonchev–Trinajstić information content (AvgIpc) is 2.85. The number of piperazine rings is 1. The number of rotatable bonds is 4. The molecule has 172 valence electrons. The number of hydrogen-bond donors (Lipinski definition) is 2. The maximum atomic E-state index is 13.1. The predicted octanol–water partition coefficient (Wildman–Crippen LogP) is 4.41. The molecule has 1 aromatic heterocycles. The first kappa shape index (κ1) is 22.3. The van der Waals surface area contributed by atoms with Crippen LogP contribution < -0.4 is 25.2 Å². The van der Waals surface area contributed by atoms with E-state index >= 15 is 0 Å². The number of fused-ring (bicyclic) bond motifs is 1. The highest BCUT2D eigenvalue weighted by molar-refractivity contribution is 6.40. The highest BCUT2D eigenvalue weighted by Gasteiger charge is 2.30. The molecule has 0 aliphatic carbocycles. The summed E-state index contributed by atoms with van der Waals surface area (Å²) in [4.78, 5) is 21.1. The van der Waals surface area contributed by atoms with Gasteiger partial charge in [-0.3, -0.25) is 9.69 Å². The number of nitrogens with zero attached hydrogens (tertiary/aromatic N) is 4. The summed E-state index contributed by atoms with van der Waals surface area (Å²) >= 11 is 12.5. The topological polar surface area (TPSA) is 93.5 Å². The third-order valence-electron chi connectivity index (χ3n) is 5.72. The van der Waals surface area contributed by atoms with Crippen molar-refractivity contribution in [3.8, 4) is 11.9 Å². The Kier molecular flexibility index (Phi) is 6.16. The molecule has 0 saturated carbocycles. The van der Waals surface area contributed by atoms with Crippen LogP contribution in [0.4, 0.5) is 22.9 Å². The molecule has 10 heteroatoms. The molecule has 5 rings (SSSR count).